The van der Waals surface area contributed by atoms with Gasteiger partial charge in [-0.15, -0.1) is 11.6 Å². The van der Waals surface area contributed by atoms with E-state index in [4.69, 9.17) is 16.3 Å². The number of likely N-dealkylation sites (tertiary alicyclic amines) is 1. The molecule has 1 fully saturated rings. The lowest BCUT2D eigenvalue weighted by molar-refractivity contribution is -0.0257. The predicted octanol–water partition coefficient (Wildman–Crippen LogP) is 2.38. The molecule has 0 radical (unpaired) electrons. The molecule has 0 saturated carbocycles. The smallest absolute Gasteiger partial charge is 0.410 e. The lowest BCUT2D eigenvalue weighted by Gasteiger charge is -2.45. The molecule has 1 aliphatic heterocycles. The number of alkyl halides is 1. The molecule has 0 bridgehead atoms. The van der Waals surface area contributed by atoms with Crippen molar-refractivity contribution in [2.45, 2.75) is 51.2 Å². The summed E-state index contributed by atoms with van der Waals surface area (Å²) in [6.07, 6.45) is 2.25. The first-order valence-corrected chi connectivity index (χ1v) is 6.55. The number of ether oxygens (including phenoxy) is 1. The van der Waals surface area contributed by atoms with Gasteiger partial charge < -0.3 is 9.84 Å². The third-order valence-electron chi connectivity index (χ3n) is 3.00. The van der Waals surface area contributed by atoms with Gasteiger partial charge in [0.2, 0.25) is 0 Å². The Balaban J connectivity index is 2.81. The molecule has 1 amide bonds. The molecule has 1 heterocycles. The molecule has 1 N–H and O–H groups in total. The monoisotopic (exact) mass is 263 g/mol. The molecule has 1 atom stereocenters. The number of aliphatic hydroxyl groups excluding tert-OH is 1. The van der Waals surface area contributed by atoms with Crippen LogP contribution in [0.5, 0.6) is 0 Å². The number of aliphatic hydroxyl groups is 1. The van der Waals surface area contributed by atoms with Crippen LogP contribution in [0.15, 0.2) is 0 Å². The van der Waals surface area contributed by atoms with Crippen LogP contribution in [-0.2, 0) is 4.74 Å². The minimum absolute atomic E-state index is 0.115. The van der Waals surface area contributed by atoms with E-state index in [9.17, 15) is 9.90 Å². The van der Waals surface area contributed by atoms with Crippen LogP contribution in [0.25, 0.3) is 0 Å². The van der Waals surface area contributed by atoms with Crippen molar-refractivity contribution >= 4 is 17.7 Å². The lowest BCUT2D eigenvalue weighted by atomic mass is 9.89. The highest BCUT2D eigenvalue weighted by atomic mass is 35.5. The second kappa shape index (κ2) is 5.44. The summed E-state index contributed by atoms with van der Waals surface area (Å²) in [7, 11) is 0. The van der Waals surface area contributed by atoms with E-state index in [1.54, 1.807) is 4.90 Å². The Labute approximate surface area is 108 Å². The van der Waals surface area contributed by atoms with E-state index in [2.05, 4.69) is 0 Å². The normalized spacial score (nSPS) is 25.8. The fourth-order valence-corrected chi connectivity index (χ4v) is 2.41. The first kappa shape index (κ1) is 14.6. The molecule has 1 aliphatic rings. The van der Waals surface area contributed by atoms with Crippen molar-refractivity contribution in [2.24, 2.45) is 0 Å². The number of halogens is 1. The SMILES string of the molecule is CC(C)(C)OC(=O)N1CCCCC1(CO)CCl. The molecule has 0 aromatic carbocycles. The van der Waals surface area contributed by atoms with E-state index in [1.807, 2.05) is 20.8 Å². The first-order chi connectivity index (χ1) is 7.84. The summed E-state index contributed by atoms with van der Waals surface area (Å²) < 4.78 is 5.35. The zero-order valence-corrected chi connectivity index (χ0v) is 11.6. The number of rotatable bonds is 2. The summed E-state index contributed by atoms with van der Waals surface area (Å²) in [6, 6.07) is 0. The number of carbonyl (C=O) groups is 1. The molecule has 17 heavy (non-hydrogen) atoms. The van der Waals surface area contributed by atoms with Gasteiger partial charge in [-0.05, 0) is 40.0 Å². The van der Waals surface area contributed by atoms with Gasteiger partial charge >= 0.3 is 6.09 Å². The molecular weight excluding hydrogens is 242 g/mol. The molecule has 1 rings (SSSR count). The minimum atomic E-state index is -0.651. The Morgan fingerprint density at radius 3 is 2.59 bits per heavy atom. The second-order valence-electron chi connectivity index (χ2n) is 5.61. The van der Waals surface area contributed by atoms with Gasteiger partial charge in [-0.25, -0.2) is 4.79 Å². The van der Waals surface area contributed by atoms with Crippen LogP contribution in [0.2, 0.25) is 0 Å². The van der Waals surface area contributed by atoms with Gasteiger partial charge in [-0.2, -0.15) is 0 Å². The van der Waals surface area contributed by atoms with Crippen molar-refractivity contribution in [3.8, 4) is 0 Å². The Bertz CT molecular complexity index is 271. The summed E-state index contributed by atoms with van der Waals surface area (Å²) in [5.41, 5.74) is -1.18. The summed E-state index contributed by atoms with van der Waals surface area (Å²) in [6.45, 7) is 5.97. The first-order valence-electron chi connectivity index (χ1n) is 6.02. The fourth-order valence-electron chi connectivity index (χ4n) is 2.04. The highest BCUT2D eigenvalue weighted by Gasteiger charge is 2.42. The van der Waals surface area contributed by atoms with Gasteiger partial charge in [0.25, 0.3) is 0 Å². The zero-order valence-electron chi connectivity index (χ0n) is 10.8. The van der Waals surface area contributed by atoms with Gasteiger partial charge in [0.05, 0.1) is 12.1 Å². The van der Waals surface area contributed by atoms with Crippen molar-refractivity contribution in [3.63, 3.8) is 0 Å². The molecule has 0 aromatic rings. The van der Waals surface area contributed by atoms with Crippen LogP contribution in [0.1, 0.15) is 40.0 Å². The number of nitrogens with zero attached hydrogens (tertiary/aromatic N) is 1. The van der Waals surface area contributed by atoms with Gasteiger partial charge in [0.1, 0.15) is 5.60 Å². The van der Waals surface area contributed by atoms with Crippen molar-refractivity contribution in [3.05, 3.63) is 0 Å². The maximum absolute atomic E-state index is 12.1. The molecule has 0 aromatic heterocycles. The van der Waals surface area contributed by atoms with Crippen molar-refractivity contribution in [2.75, 3.05) is 19.0 Å². The van der Waals surface area contributed by atoms with Crippen molar-refractivity contribution in [1.29, 1.82) is 0 Å². The van der Waals surface area contributed by atoms with Gasteiger partial charge in [-0.3, -0.25) is 4.90 Å². The highest BCUT2D eigenvalue weighted by Crippen LogP contribution is 2.30. The number of amides is 1. The highest BCUT2D eigenvalue weighted by molar-refractivity contribution is 6.18. The van der Waals surface area contributed by atoms with Gasteiger partial charge in [0, 0.05) is 12.4 Å². The molecule has 5 heteroatoms. The predicted molar refractivity (Wildman–Crippen MR) is 67.3 cm³/mol. The van der Waals surface area contributed by atoms with Crippen LogP contribution < -0.4 is 0 Å². The largest absolute Gasteiger partial charge is 0.444 e. The standard InChI is InChI=1S/C12H22ClNO3/c1-11(2,3)17-10(16)14-7-5-4-6-12(14,8-13)9-15/h15H,4-9H2,1-3H3. The third-order valence-corrected chi connectivity index (χ3v) is 3.50. The number of piperidine rings is 1. The van der Waals surface area contributed by atoms with Gasteiger partial charge in [-0.1, -0.05) is 0 Å². The topological polar surface area (TPSA) is 49.8 Å². The molecule has 4 nitrogen and oxygen atoms in total. The molecular formula is C12H22ClNO3. The summed E-state index contributed by atoms with van der Waals surface area (Å²) >= 11 is 5.94. The quantitative estimate of drug-likeness (QED) is 0.779. The van der Waals surface area contributed by atoms with Crippen LogP contribution in [0, 0.1) is 0 Å². The average molecular weight is 264 g/mol. The van der Waals surface area contributed by atoms with Crippen LogP contribution in [-0.4, -0.2) is 46.3 Å². The van der Waals surface area contributed by atoms with Crippen LogP contribution in [0.4, 0.5) is 4.79 Å². The van der Waals surface area contributed by atoms with E-state index in [0.717, 1.165) is 19.3 Å². The molecule has 1 unspecified atom stereocenters. The van der Waals surface area contributed by atoms with E-state index in [0.29, 0.717) is 6.54 Å². The average Bonchev–Trinajstić information content (AvgIpc) is 2.26. The summed E-state index contributed by atoms with van der Waals surface area (Å²) in [5, 5.41) is 9.53. The molecule has 0 aliphatic carbocycles. The van der Waals surface area contributed by atoms with Gasteiger partial charge in [0.15, 0.2) is 0 Å². The van der Waals surface area contributed by atoms with Crippen LogP contribution in [0.3, 0.4) is 0 Å². The van der Waals surface area contributed by atoms with Crippen LogP contribution >= 0.6 is 11.6 Å². The Hall–Kier alpha value is -0.480. The summed E-state index contributed by atoms with van der Waals surface area (Å²) in [5.74, 6) is 0.239. The maximum atomic E-state index is 12.1. The molecule has 0 spiro atoms. The Morgan fingerprint density at radius 2 is 2.12 bits per heavy atom. The number of carbonyl (C=O) groups excluding carboxylic acids is 1. The summed E-state index contributed by atoms with van der Waals surface area (Å²) in [4.78, 5) is 13.7. The van der Waals surface area contributed by atoms with Crippen molar-refractivity contribution < 1.29 is 14.6 Å². The third kappa shape index (κ3) is 3.49. The zero-order chi connectivity index (χ0) is 13.1. The minimum Gasteiger partial charge on any atom is -0.444 e. The number of hydrogen-bond donors (Lipinski definition) is 1. The molecule has 100 valence electrons. The van der Waals surface area contributed by atoms with E-state index < -0.39 is 11.1 Å². The number of hydrogen-bond acceptors (Lipinski definition) is 3. The maximum Gasteiger partial charge on any atom is 0.410 e. The second-order valence-corrected chi connectivity index (χ2v) is 5.87. The lowest BCUT2D eigenvalue weighted by Crippen LogP contribution is -2.59. The molecule has 1 saturated heterocycles. The van der Waals surface area contributed by atoms with E-state index >= 15 is 0 Å². The Morgan fingerprint density at radius 1 is 1.47 bits per heavy atom. The van der Waals surface area contributed by atoms with Crippen molar-refractivity contribution in [1.82, 2.24) is 4.90 Å². The fraction of sp³-hybridized carbons (Fsp3) is 0.917. The Kier molecular flexibility index (Phi) is 4.67. The van der Waals surface area contributed by atoms with E-state index in [-0.39, 0.29) is 18.6 Å². The van der Waals surface area contributed by atoms with E-state index in [1.165, 1.54) is 0 Å².